The molecular formula is C20H14N2O2S. The van der Waals surface area contributed by atoms with Crippen molar-refractivity contribution in [3.63, 3.8) is 0 Å². The van der Waals surface area contributed by atoms with Gasteiger partial charge in [-0.3, -0.25) is 14.2 Å². The lowest BCUT2D eigenvalue weighted by atomic mass is 10.1. The van der Waals surface area contributed by atoms with Gasteiger partial charge < -0.3 is 0 Å². The van der Waals surface area contributed by atoms with E-state index in [1.165, 1.54) is 22.2 Å². The van der Waals surface area contributed by atoms with Crippen LogP contribution in [0.1, 0.15) is 10.4 Å². The predicted octanol–water partition coefficient (Wildman–Crippen LogP) is 4.01. The maximum absolute atomic E-state index is 12.7. The maximum atomic E-state index is 12.7. The molecule has 0 bridgehead atoms. The zero-order valence-corrected chi connectivity index (χ0v) is 14.1. The van der Waals surface area contributed by atoms with Crippen molar-refractivity contribution < 1.29 is 4.79 Å². The van der Waals surface area contributed by atoms with E-state index < -0.39 is 0 Å². The number of rotatable bonds is 4. The van der Waals surface area contributed by atoms with E-state index in [1.54, 1.807) is 12.1 Å². The van der Waals surface area contributed by atoms with E-state index in [0.29, 0.717) is 15.8 Å². The number of benzene rings is 2. The van der Waals surface area contributed by atoms with Gasteiger partial charge in [-0.15, -0.1) is 11.3 Å². The van der Waals surface area contributed by atoms with Crippen LogP contribution in [0.4, 0.5) is 0 Å². The van der Waals surface area contributed by atoms with Crippen molar-refractivity contribution in [2.24, 2.45) is 0 Å². The van der Waals surface area contributed by atoms with Gasteiger partial charge in [0.2, 0.25) is 0 Å². The van der Waals surface area contributed by atoms with Gasteiger partial charge in [0.25, 0.3) is 5.56 Å². The highest BCUT2D eigenvalue weighted by atomic mass is 32.1. The molecule has 4 rings (SSSR count). The highest BCUT2D eigenvalue weighted by Crippen LogP contribution is 2.30. The molecule has 0 amide bonds. The highest BCUT2D eigenvalue weighted by molar-refractivity contribution is 7.21. The normalized spacial score (nSPS) is 10.9. The number of Topliss-reactive ketones (excluding diaryl/α,β-unsaturated/α-hetero) is 1. The number of nitrogens with zero attached hydrogens (tertiary/aromatic N) is 2. The molecule has 0 aliphatic carbocycles. The van der Waals surface area contributed by atoms with Crippen LogP contribution in [-0.4, -0.2) is 15.3 Å². The third-order valence-electron chi connectivity index (χ3n) is 3.99. The predicted molar refractivity (Wildman–Crippen MR) is 100 cm³/mol. The summed E-state index contributed by atoms with van der Waals surface area (Å²) in [5.74, 6) is -0.109. The van der Waals surface area contributed by atoms with Crippen LogP contribution in [0.25, 0.3) is 20.7 Å². The Morgan fingerprint density at radius 2 is 1.68 bits per heavy atom. The number of carbonyl (C=O) groups excluding carboxylic acids is 1. The summed E-state index contributed by atoms with van der Waals surface area (Å²) in [6.45, 7) is -0.0116. The molecular weight excluding hydrogens is 332 g/mol. The molecule has 0 spiro atoms. The SMILES string of the molecule is O=C(Cn1cnc2sc(-c3ccccc3)cc2c1=O)c1ccccc1. The molecule has 0 radical (unpaired) electrons. The molecule has 5 heteroatoms. The summed E-state index contributed by atoms with van der Waals surface area (Å²) < 4.78 is 1.37. The van der Waals surface area contributed by atoms with E-state index in [1.807, 2.05) is 54.6 Å². The number of carbonyl (C=O) groups is 1. The van der Waals surface area contributed by atoms with Crippen molar-refractivity contribution in [2.45, 2.75) is 6.54 Å². The van der Waals surface area contributed by atoms with Crippen molar-refractivity contribution in [1.82, 2.24) is 9.55 Å². The lowest BCUT2D eigenvalue weighted by molar-refractivity contribution is 0.0970. The second-order valence-corrected chi connectivity index (χ2v) is 6.69. The van der Waals surface area contributed by atoms with E-state index in [-0.39, 0.29) is 17.9 Å². The van der Waals surface area contributed by atoms with Gasteiger partial charge in [-0.1, -0.05) is 60.7 Å². The fourth-order valence-electron chi connectivity index (χ4n) is 2.69. The first kappa shape index (κ1) is 15.5. The van der Waals surface area contributed by atoms with E-state index in [9.17, 15) is 9.59 Å². The van der Waals surface area contributed by atoms with Crippen LogP contribution in [0.3, 0.4) is 0 Å². The Hall–Kier alpha value is -3.05. The van der Waals surface area contributed by atoms with Crippen molar-refractivity contribution in [1.29, 1.82) is 0 Å². The number of hydrogen-bond donors (Lipinski definition) is 0. The minimum atomic E-state index is -0.187. The van der Waals surface area contributed by atoms with Crippen molar-refractivity contribution in [3.05, 3.63) is 89.0 Å². The summed E-state index contributed by atoms with van der Waals surface area (Å²) in [4.78, 5) is 31.1. The second-order valence-electron chi connectivity index (χ2n) is 5.66. The summed E-state index contributed by atoms with van der Waals surface area (Å²) in [6.07, 6.45) is 1.46. The van der Waals surface area contributed by atoms with Crippen LogP contribution < -0.4 is 5.56 Å². The lowest BCUT2D eigenvalue weighted by Gasteiger charge is -2.04. The van der Waals surface area contributed by atoms with Crippen LogP contribution in [0, 0.1) is 0 Å². The van der Waals surface area contributed by atoms with Crippen molar-refractivity contribution in [2.75, 3.05) is 0 Å². The summed E-state index contributed by atoms with van der Waals surface area (Å²) in [7, 11) is 0. The zero-order valence-electron chi connectivity index (χ0n) is 13.3. The molecule has 0 unspecified atom stereocenters. The average Bonchev–Trinajstić information content (AvgIpc) is 3.11. The topological polar surface area (TPSA) is 52.0 Å². The number of aromatic nitrogens is 2. The van der Waals surface area contributed by atoms with Crippen LogP contribution in [0.5, 0.6) is 0 Å². The van der Waals surface area contributed by atoms with Gasteiger partial charge in [0.05, 0.1) is 18.3 Å². The first-order valence-electron chi connectivity index (χ1n) is 7.85. The Bertz CT molecular complexity index is 1100. The molecule has 4 aromatic rings. The third kappa shape index (κ3) is 3.02. The largest absolute Gasteiger partial charge is 0.292 e. The van der Waals surface area contributed by atoms with E-state index >= 15 is 0 Å². The Labute approximate surface area is 148 Å². The van der Waals surface area contributed by atoms with Gasteiger partial charge in [0.1, 0.15) is 4.83 Å². The van der Waals surface area contributed by atoms with Gasteiger partial charge in [-0.05, 0) is 11.6 Å². The van der Waals surface area contributed by atoms with Crippen LogP contribution in [0.2, 0.25) is 0 Å². The quantitative estimate of drug-likeness (QED) is 0.525. The number of fused-ring (bicyclic) bond motifs is 1. The fraction of sp³-hybridized carbons (Fsp3) is 0.0500. The van der Waals surface area contributed by atoms with Crippen molar-refractivity contribution >= 4 is 27.3 Å². The second kappa shape index (κ2) is 6.45. The van der Waals surface area contributed by atoms with Gasteiger partial charge in [0.15, 0.2) is 5.78 Å². The monoisotopic (exact) mass is 346 g/mol. The Balaban J connectivity index is 1.71. The molecule has 0 aliphatic heterocycles. The standard InChI is InChI=1S/C20H14N2O2S/c23-17(14-7-3-1-4-8-14)12-22-13-21-19-16(20(22)24)11-18(25-19)15-9-5-2-6-10-15/h1-11,13H,12H2. The molecule has 4 nitrogen and oxygen atoms in total. The molecule has 0 aliphatic rings. The molecule has 25 heavy (non-hydrogen) atoms. The van der Waals surface area contributed by atoms with Gasteiger partial charge in [-0.2, -0.15) is 0 Å². The molecule has 122 valence electrons. The summed E-state index contributed by atoms with van der Waals surface area (Å²) in [5.41, 5.74) is 1.45. The van der Waals surface area contributed by atoms with Crippen LogP contribution >= 0.6 is 11.3 Å². The molecule has 2 aromatic heterocycles. The molecule has 0 saturated carbocycles. The van der Waals surface area contributed by atoms with Crippen LogP contribution in [0.15, 0.2) is 77.9 Å². The van der Waals surface area contributed by atoms with E-state index in [0.717, 1.165) is 10.4 Å². The van der Waals surface area contributed by atoms with Crippen LogP contribution in [-0.2, 0) is 6.54 Å². The number of hydrogen-bond acceptors (Lipinski definition) is 4. The molecule has 0 saturated heterocycles. The van der Waals surface area contributed by atoms with Gasteiger partial charge in [0, 0.05) is 10.4 Å². The third-order valence-corrected chi connectivity index (χ3v) is 5.08. The molecule has 2 aromatic carbocycles. The summed E-state index contributed by atoms with van der Waals surface area (Å²) in [5, 5.41) is 0.548. The van der Waals surface area contributed by atoms with Crippen molar-refractivity contribution in [3.8, 4) is 10.4 Å². The number of ketones is 1. The molecule has 0 atom stereocenters. The Kier molecular flexibility index (Phi) is 3.99. The highest BCUT2D eigenvalue weighted by Gasteiger charge is 2.13. The molecule has 2 heterocycles. The Morgan fingerprint density at radius 3 is 2.40 bits per heavy atom. The number of thiophene rings is 1. The molecule has 0 fully saturated rings. The lowest BCUT2D eigenvalue weighted by Crippen LogP contribution is -2.24. The minimum Gasteiger partial charge on any atom is -0.292 e. The van der Waals surface area contributed by atoms with Gasteiger partial charge in [-0.25, -0.2) is 4.98 Å². The van der Waals surface area contributed by atoms with Gasteiger partial charge >= 0.3 is 0 Å². The summed E-state index contributed by atoms with van der Waals surface area (Å²) in [6, 6.07) is 20.7. The molecule has 0 N–H and O–H groups in total. The maximum Gasteiger partial charge on any atom is 0.262 e. The van der Waals surface area contributed by atoms with E-state index in [2.05, 4.69) is 4.98 Å². The smallest absolute Gasteiger partial charge is 0.262 e. The Morgan fingerprint density at radius 1 is 1.00 bits per heavy atom. The summed E-state index contributed by atoms with van der Waals surface area (Å²) >= 11 is 1.48. The first-order valence-corrected chi connectivity index (χ1v) is 8.67. The first-order chi connectivity index (χ1) is 12.2. The van der Waals surface area contributed by atoms with E-state index in [4.69, 9.17) is 0 Å². The zero-order chi connectivity index (χ0) is 17.2. The minimum absolute atomic E-state index is 0.0116. The fourth-order valence-corrected chi connectivity index (χ4v) is 3.68. The average molecular weight is 346 g/mol.